The van der Waals surface area contributed by atoms with Crippen LogP contribution < -0.4 is 5.32 Å². The summed E-state index contributed by atoms with van der Waals surface area (Å²) in [5.74, 6) is -0.0231. The van der Waals surface area contributed by atoms with Crippen LogP contribution in [-0.2, 0) is 4.79 Å². The van der Waals surface area contributed by atoms with Gasteiger partial charge in [-0.2, -0.15) is 0 Å². The minimum Gasteiger partial charge on any atom is -0.325 e. The lowest BCUT2D eigenvalue weighted by atomic mass is 10.1. The van der Waals surface area contributed by atoms with Crippen molar-refractivity contribution in [1.29, 1.82) is 0 Å². The molecular formula is C10H12BrNO. The molecule has 0 saturated carbocycles. The van der Waals surface area contributed by atoms with E-state index in [9.17, 15) is 4.79 Å². The number of alkyl halides is 1. The molecule has 0 atom stereocenters. The first-order chi connectivity index (χ1) is 6.11. The summed E-state index contributed by atoms with van der Waals surface area (Å²) in [5, 5.41) is 3.12. The summed E-state index contributed by atoms with van der Waals surface area (Å²) < 4.78 is 0. The van der Waals surface area contributed by atoms with Gasteiger partial charge in [0.2, 0.25) is 5.91 Å². The predicted molar refractivity (Wildman–Crippen MR) is 58.3 cm³/mol. The van der Waals surface area contributed by atoms with Gasteiger partial charge in [-0.3, -0.25) is 4.79 Å². The molecule has 0 radical (unpaired) electrons. The summed E-state index contributed by atoms with van der Waals surface area (Å²) in [6.45, 7) is 4.02. The van der Waals surface area contributed by atoms with E-state index in [0.29, 0.717) is 5.33 Å². The van der Waals surface area contributed by atoms with Gasteiger partial charge in [-0.1, -0.05) is 22.0 Å². The van der Waals surface area contributed by atoms with Crippen LogP contribution in [-0.4, -0.2) is 11.2 Å². The second-order valence-electron chi connectivity index (χ2n) is 3.06. The number of nitrogens with one attached hydrogen (secondary N) is 1. The van der Waals surface area contributed by atoms with E-state index in [1.807, 2.05) is 26.0 Å². The molecule has 0 aromatic heterocycles. The van der Waals surface area contributed by atoms with Crippen molar-refractivity contribution in [2.45, 2.75) is 13.8 Å². The largest absolute Gasteiger partial charge is 0.325 e. The molecule has 1 aromatic rings. The van der Waals surface area contributed by atoms with Gasteiger partial charge in [0.25, 0.3) is 0 Å². The Balaban J connectivity index is 2.83. The third-order valence-electron chi connectivity index (χ3n) is 1.63. The SMILES string of the molecule is Cc1cc(C)cc(NC(=O)CBr)c1. The highest BCUT2D eigenvalue weighted by molar-refractivity contribution is 9.09. The molecule has 2 nitrogen and oxygen atoms in total. The number of anilines is 1. The van der Waals surface area contributed by atoms with Gasteiger partial charge in [0.1, 0.15) is 0 Å². The van der Waals surface area contributed by atoms with Gasteiger partial charge in [0, 0.05) is 5.69 Å². The lowest BCUT2D eigenvalue weighted by Crippen LogP contribution is -2.12. The zero-order valence-electron chi connectivity index (χ0n) is 7.73. The van der Waals surface area contributed by atoms with Crippen LogP contribution in [0.4, 0.5) is 5.69 Å². The fourth-order valence-electron chi connectivity index (χ4n) is 1.24. The van der Waals surface area contributed by atoms with Gasteiger partial charge in [-0.05, 0) is 37.1 Å². The summed E-state index contributed by atoms with van der Waals surface area (Å²) in [6.07, 6.45) is 0. The summed E-state index contributed by atoms with van der Waals surface area (Å²) in [6, 6.07) is 5.98. The Morgan fingerprint density at radius 1 is 1.31 bits per heavy atom. The molecule has 0 aliphatic rings. The summed E-state index contributed by atoms with van der Waals surface area (Å²) in [7, 11) is 0. The van der Waals surface area contributed by atoms with E-state index in [4.69, 9.17) is 0 Å². The third kappa shape index (κ3) is 3.19. The number of hydrogen-bond donors (Lipinski definition) is 1. The van der Waals surface area contributed by atoms with Crippen molar-refractivity contribution < 1.29 is 4.79 Å². The Morgan fingerprint density at radius 3 is 2.31 bits per heavy atom. The van der Waals surface area contributed by atoms with Gasteiger partial charge < -0.3 is 5.32 Å². The van der Waals surface area contributed by atoms with Crippen molar-refractivity contribution in [2.75, 3.05) is 10.6 Å². The standard InChI is InChI=1S/C10H12BrNO/c1-7-3-8(2)5-9(4-7)12-10(13)6-11/h3-5H,6H2,1-2H3,(H,12,13). The Morgan fingerprint density at radius 2 is 1.85 bits per heavy atom. The van der Waals surface area contributed by atoms with Crippen molar-refractivity contribution in [2.24, 2.45) is 0 Å². The maximum Gasteiger partial charge on any atom is 0.235 e. The number of amides is 1. The van der Waals surface area contributed by atoms with E-state index in [-0.39, 0.29) is 5.91 Å². The maximum absolute atomic E-state index is 11.0. The molecule has 0 aliphatic carbocycles. The molecule has 0 fully saturated rings. The van der Waals surface area contributed by atoms with Crippen LogP contribution in [0.15, 0.2) is 18.2 Å². The Kier molecular flexibility index (Phi) is 3.48. The normalized spacial score (nSPS) is 9.77. The fraction of sp³-hybridized carbons (Fsp3) is 0.300. The van der Waals surface area contributed by atoms with Gasteiger partial charge in [0.05, 0.1) is 5.33 Å². The molecule has 0 spiro atoms. The van der Waals surface area contributed by atoms with Crippen molar-refractivity contribution in [1.82, 2.24) is 0 Å². The monoisotopic (exact) mass is 241 g/mol. The van der Waals surface area contributed by atoms with E-state index in [0.717, 1.165) is 16.8 Å². The quantitative estimate of drug-likeness (QED) is 0.793. The lowest BCUT2D eigenvalue weighted by molar-refractivity contribution is -0.113. The average Bonchev–Trinajstić information content (AvgIpc) is 2.02. The molecular weight excluding hydrogens is 230 g/mol. The summed E-state index contributed by atoms with van der Waals surface area (Å²) in [5.41, 5.74) is 3.18. The van der Waals surface area contributed by atoms with Gasteiger partial charge in [-0.15, -0.1) is 0 Å². The fourth-order valence-corrected chi connectivity index (χ4v) is 1.38. The molecule has 0 unspecified atom stereocenters. The molecule has 0 bridgehead atoms. The van der Waals surface area contributed by atoms with E-state index >= 15 is 0 Å². The molecule has 70 valence electrons. The molecule has 1 N–H and O–H groups in total. The minimum atomic E-state index is -0.0231. The zero-order valence-corrected chi connectivity index (χ0v) is 9.31. The lowest BCUT2D eigenvalue weighted by Gasteiger charge is -2.05. The van der Waals surface area contributed by atoms with E-state index in [2.05, 4.69) is 27.3 Å². The number of hydrogen-bond acceptors (Lipinski definition) is 1. The summed E-state index contributed by atoms with van der Waals surface area (Å²) in [4.78, 5) is 11.0. The van der Waals surface area contributed by atoms with Crippen LogP contribution in [0.1, 0.15) is 11.1 Å². The number of benzene rings is 1. The predicted octanol–water partition coefficient (Wildman–Crippen LogP) is 2.64. The van der Waals surface area contributed by atoms with Crippen LogP contribution in [0, 0.1) is 13.8 Å². The first-order valence-electron chi connectivity index (χ1n) is 4.06. The van der Waals surface area contributed by atoms with Gasteiger partial charge >= 0.3 is 0 Å². The van der Waals surface area contributed by atoms with Crippen LogP contribution in [0.2, 0.25) is 0 Å². The van der Waals surface area contributed by atoms with Crippen LogP contribution in [0.5, 0.6) is 0 Å². The van der Waals surface area contributed by atoms with Gasteiger partial charge in [0.15, 0.2) is 0 Å². The molecule has 0 heterocycles. The molecule has 1 rings (SSSR count). The van der Waals surface area contributed by atoms with Crippen molar-refractivity contribution in [3.63, 3.8) is 0 Å². The third-order valence-corrected chi connectivity index (χ3v) is 2.14. The molecule has 1 aromatic carbocycles. The van der Waals surface area contributed by atoms with E-state index in [1.54, 1.807) is 0 Å². The Labute approximate surface area is 86.5 Å². The first-order valence-corrected chi connectivity index (χ1v) is 5.18. The van der Waals surface area contributed by atoms with Crippen molar-refractivity contribution in [3.05, 3.63) is 29.3 Å². The van der Waals surface area contributed by atoms with Crippen LogP contribution in [0.3, 0.4) is 0 Å². The molecule has 1 amide bonds. The smallest absolute Gasteiger partial charge is 0.235 e. The molecule has 0 saturated heterocycles. The average molecular weight is 242 g/mol. The van der Waals surface area contributed by atoms with Crippen molar-refractivity contribution >= 4 is 27.5 Å². The highest BCUT2D eigenvalue weighted by Crippen LogP contribution is 2.13. The summed E-state index contributed by atoms with van der Waals surface area (Å²) >= 11 is 3.10. The van der Waals surface area contributed by atoms with Crippen LogP contribution in [0.25, 0.3) is 0 Å². The van der Waals surface area contributed by atoms with E-state index < -0.39 is 0 Å². The topological polar surface area (TPSA) is 29.1 Å². The number of halogens is 1. The maximum atomic E-state index is 11.0. The molecule has 3 heteroatoms. The number of rotatable bonds is 2. The molecule has 13 heavy (non-hydrogen) atoms. The van der Waals surface area contributed by atoms with Crippen LogP contribution >= 0.6 is 15.9 Å². The minimum absolute atomic E-state index is 0.0231. The Bertz CT molecular complexity index is 302. The first kappa shape index (κ1) is 10.3. The zero-order chi connectivity index (χ0) is 9.84. The highest BCUT2D eigenvalue weighted by Gasteiger charge is 2.00. The van der Waals surface area contributed by atoms with E-state index in [1.165, 1.54) is 0 Å². The van der Waals surface area contributed by atoms with Crippen molar-refractivity contribution in [3.8, 4) is 0 Å². The second-order valence-corrected chi connectivity index (χ2v) is 3.62. The molecule has 0 aliphatic heterocycles. The number of carbonyl (C=O) groups is 1. The number of aryl methyl sites for hydroxylation is 2. The second kappa shape index (κ2) is 4.42. The highest BCUT2D eigenvalue weighted by atomic mass is 79.9. The van der Waals surface area contributed by atoms with Gasteiger partial charge in [-0.25, -0.2) is 0 Å². The Hall–Kier alpha value is -0.830. The number of carbonyl (C=O) groups excluding carboxylic acids is 1.